The maximum atomic E-state index is 12.0. The summed E-state index contributed by atoms with van der Waals surface area (Å²) in [5, 5.41) is 125. The Morgan fingerprint density at radius 3 is 1.97 bits per heavy atom. The molecule has 0 bridgehead atoms. The predicted molar refractivity (Wildman–Crippen MR) is 219 cm³/mol. The molecule has 4 aliphatic heterocycles. The third kappa shape index (κ3) is 8.57. The first kappa shape index (κ1) is 49.4. The van der Waals surface area contributed by atoms with Gasteiger partial charge in [-0.1, -0.05) is 39.3 Å². The summed E-state index contributed by atoms with van der Waals surface area (Å²) in [6, 6.07) is 0. The largest absolute Gasteiger partial charge is 0.394 e. The third-order valence-electron chi connectivity index (χ3n) is 17.4. The smallest absolute Gasteiger partial charge is 0.187 e. The quantitative estimate of drug-likeness (QED) is 0.0902. The van der Waals surface area contributed by atoms with Crippen LogP contribution in [0.4, 0.5) is 0 Å². The van der Waals surface area contributed by atoms with Gasteiger partial charge in [-0.15, -0.1) is 0 Å². The second kappa shape index (κ2) is 19.1. The second-order valence-electron chi connectivity index (χ2n) is 21.0. The van der Waals surface area contributed by atoms with Crippen molar-refractivity contribution in [2.75, 3.05) is 26.4 Å². The molecule has 4 heterocycles. The zero-order valence-corrected chi connectivity index (χ0v) is 37.3. The summed E-state index contributed by atoms with van der Waals surface area (Å²) >= 11 is 0. The number of ether oxygens (including phenoxy) is 7. The van der Waals surface area contributed by atoms with E-state index in [1.54, 1.807) is 0 Å². The van der Waals surface area contributed by atoms with Crippen LogP contribution in [0, 0.1) is 46.3 Å². The Kier molecular flexibility index (Phi) is 14.7. The van der Waals surface area contributed by atoms with Gasteiger partial charge in [0.25, 0.3) is 0 Å². The standard InChI is InChI=1S/C45H74O19/c1-19(18-58-40-36(54)33(51)31(49)27(15-46)60-40)7-12-45(57)20(2)30-26(64-45)14-25-23-6-5-21-13-22(8-10-43(21,3)24(23)9-11-44(25,30)4)59-41-38(56)35(53)39(29(17-48)62-41)63-42-37(55)34(52)32(50)28(16-47)61-42/h5,19-20,22-42,46-57H,6-18H2,1-4H3/t19-,20+,22+,23-,24+,25+,26+,27-,28-,29-,30+,31-,32-,33+,34+,35-,36-,37-,38-,39+,40-,41-,42+,43+,44+,45+/m1/s1. The highest BCUT2D eigenvalue weighted by Gasteiger charge is 2.68. The average molecular weight is 919 g/mol. The molecule has 12 N–H and O–H groups in total. The monoisotopic (exact) mass is 918 g/mol. The van der Waals surface area contributed by atoms with E-state index in [0.717, 1.165) is 32.1 Å². The number of hydrogen-bond donors (Lipinski definition) is 12. The van der Waals surface area contributed by atoms with Gasteiger partial charge in [-0.05, 0) is 91.8 Å². The Hall–Kier alpha value is -1.02. The van der Waals surface area contributed by atoms with Gasteiger partial charge in [-0.25, -0.2) is 0 Å². The molecule has 0 aromatic heterocycles. The fraction of sp³-hybridized carbons (Fsp3) is 0.956. The SMILES string of the molecule is C[C@H](CC[C@]1(O)O[C@H]2C[C@H]3[C@@H]4CC=C5C[C@@H](O[C@@H]6O[C@H](CO)[C@H](O[C@@H]7O[C@H](CO)[C@@H](O)[C@H](O)[C@H]7O)[C@H](O)[C@H]6O)CC[C@]5(C)[C@H]4CC[C@]3(C)[C@H]2[C@@H]1C)CO[C@@H]1O[C@H](CO)[C@@H](O)[C@H](O)[C@H]1O. The first-order valence-corrected chi connectivity index (χ1v) is 23.6. The van der Waals surface area contributed by atoms with Crippen LogP contribution in [0.25, 0.3) is 0 Å². The van der Waals surface area contributed by atoms with Gasteiger partial charge in [-0.2, -0.15) is 0 Å². The fourth-order valence-electron chi connectivity index (χ4n) is 13.6. The molecule has 4 aliphatic carbocycles. The zero-order chi connectivity index (χ0) is 46.2. The van der Waals surface area contributed by atoms with E-state index in [9.17, 15) is 61.3 Å². The Labute approximate surface area is 373 Å². The van der Waals surface area contributed by atoms with Gasteiger partial charge in [0, 0.05) is 12.3 Å². The molecular formula is C45H74O19. The van der Waals surface area contributed by atoms with E-state index in [-0.39, 0.29) is 47.4 Å². The lowest BCUT2D eigenvalue weighted by molar-refractivity contribution is -0.363. The Bertz CT molecular complexity index is 1620. The maximum absolute atomic E-state index is 12.0. The number of fused-ring (bicyclic) bond motifs is 7. The first-order chi connectivity index (χ1) is 30.3. The van der Waals surface area contributed by atoms with E-state index in [2.05, 4.69) is 26.8 Å². The van der Waals surface area contributed by atoms with Gasteiger partial charge < -0.3 is 94.4 Å². The Morgan fingerprint density at radius 2 is 1.31 bits per heavy atom. The van der Waals surface area contributed by atoms with Gasteiger partial charge in [-0.3, -0.25) is 0 Å². The number of aliphatic hydroxyl groups is 12. The van der Waals surface area contributed by atoms with E-state index < -0.39 is 118 Å². The van der Waals surface area contributed by atoms with Crippen LogP contribution in [0.3, 0.4) is 0 Å². The van der Waals surface area contributed by atoms with Crippen molar-refractivity contribution in [3.05, 3.63) is 11.6 Å². The minimum Gasteiger partial charge on any atom is -0.394 e. The maximum Gasteiger partial charge on any atom is 0.187 e. The van der Waals surface area contributed by atoms with Crippen LogP contribution in [0.5, 0.6) is 0 Å². The molecule has 26 atom stereocenters. The van der Waals surface area contributed by atoms with Crippen molar-refractivity contribution in [1.29, 1.82) is 0 Å². The molecule has 64 heavy (non-hydrogen) atoms. The highest BCUT2D eigenvalue weighted by Crippen LogP contribution is 2.70. The number of allylic oxidation sites excluding steroid dienone is 1. The molecule has 0 aromatic rings. The fourth-order valence-corrected chi connectivity index (χ4v) is 13.6. The van der Waals surface area contributed by atoms with Gasteiger partial charge >= 0.3 is 0 Å². The number of rotatable bonds is 13. The van der Waals surface area contributed by atoms with Gasteiger partial charge in [0.05, 0.1) is 38.6 Å². The summed E-state index contributed by atoms with van der Waals surface area (Å²) in [6.07, 6.45) is -12.9. The van der Waals surface area contributed by atoms with E-state index in [1.165, 1.54) is 5.57 Å². The van der Waals surface area contributed by atoms with Crippen LogP contribution in [0.2, 0.25) is 0 Å². The summed E-state index contributed by atoms with van der Waals surface area (Å²) in [7, 11) is 0. The summed E-state index contributed by atoms with van der Waals surface area (Å²) < 4.78 is 41.4. The van der Waals surface area contributed by atoms with Crippen LogP contribution in [-0.2, 0) is 33.2 Å². The van der Waals surface area contributed by atoms with E-state index >= 15 is 0 Å². The third-order valence-corrected chi connectivity index (χ3v) is 17.4. The zero-order valence-electron chi connectivity index (χ0n) is 37.3. The van der Waals surface area contributed by atoms with Crippen LogP contribution in [-0.4, -0.2) is 198 Å². The van der Waals surface area contributed by atoms with Crippen LogP contribution in [0.15, 0.2) is 11.6 Å². The lowest BCUT2D eigenvalue weighted by Crippen LogP contribution is -2.65. The molecule has 0 radical (unpaired) electrons. The predicted octanol–water partition coefficient (Wildman–Crippen LogP) is -1.86. The molecular weight excluding hydrogens is 844 g/mol. The van der Waals surface area contributed by atoms with Gasteiger partial charge in [0.1, 0.15) is 73.2 Å². The molecule has 19 nitrogen and oxygen atoms in total. The molecule has 3 saturated carbocycles. The molecule has 19 heteroatoms. The summed E-state index contributed by atoms with van der Waals surface area (Å²) in [4.78, 5) is 0. The van der Waals surface area contributed by atoms with Crippen LogP contribution < -0.4 is 0 Å². The van der Waals surface area contributed by atoms with E-state index in [0.29, 0.717) is 43.4 Å². The van der Waals surface area contributed by atoms with Crippen LogP contribution in [0.1, 0.15) is 85.5 Å². The Balaban J connectivity index is 0.852. The molecule has 368 valence electrons. The molecule has 8 rings (SSSR count). The molecule has 0 spiro atoms. The Morgan fingerprint density at radius 1 is 0.719 bits per heavy atom. The lowest BCUT2D eigenvalue weighted by atomic mass is 9.47. The van der Waals surface area contributed by atoms with Crippen molar-refractivity contribution in [3.63, 3.8) is 0 Å². The minimum absolute atomic E-state index is 0.0154. The first-order valence-electron chi connectivity index (χ1n) is 23.6. The second-order valence-corrected chi connectivity index (χ2v) is 21.0. The van der Waals surface area contributed by atoms with Crippen molar-refractivity contribution >= 4 is 0 Å². The number of aliphatic hydroxyl groups excluding tert-OH is 11. The summed E-state index contributed by atoms with van der Waals surface area (Å²) in [6.45, 7) is 7.15. The molecule has 7 fully saturated rings. The molecule has 8 aliphatic rings. The minimum atomic E-state index is -1.75. The van der Waals surface area contributed by atoms with Crippen LogP contribution >= 0.6 is 0 Å². The highest BCUT2D eigenvalue weighted by molar-refractivity contribution is 5.26. The van der Waals surface area contributed by atoms with Gasteiger partial charge in [0.15, 0.2) is 24.7 Å². The van der Waals surface area contributed by atoms with Gasteiger partial charge in [0.2, 0.25) is 0 Å². The average Bonchev–Trinajstić information content (AvgIpc) is 3.72. The molecule has 4 saturated heterocycles. The molecule has 0 unspecified atom stereocenters. The molecule has 0 aromatic carbocycles. The lowest BCUT2D eigenvalue weighted by Gasteiger charge is -2.58. The summed E-state index contributed by atoms with van der Waals surface area (Å²) in [5.41, 5.74) is 1.23. The van der Waals surface area contributed by atoms with Crippen molar-refractivity contribution in [2.24, 2.45) is 46.3 Å². The van der Waals surface area contributed by atoms with E-state index in [1.807, 2.05) is 6.92 Å². The molecule has 0 amide bonds. The summed E-state index contributed by atoms with van der Waals surface area (Å²) in [5.74, 6) is 0.0434. The highest BCUT2D eigenvalue weighted by atomic mass is 16.7. The van der Waals surface area contributed by atoms with E-state index in [4.69, 9.17) is 33.2 Å². The normalized spacial score (nSPS) is 54.3. The topological polar surface area (TPSA) is 307 Å². The van der Waals surface area contributed by atoms with Crippen molar-refractivity contribution in [3.8, 4) is 0 Å². The number of hydrogen-bond acceptors (Lipinski definition) is 19. The van der Waals surface area contributed by atoms with Crippen molar-refractivity contribution < 1.29 is 94.4 Å². The van der Waals surface area contributed by atoms with Crippen molar-refractivity contribution in [2.45, 2.75) is 196 Å². The van der Waals surface area contributed by atoms with Crippen molar-refractivity contribution in [1.82, 2.24) is 0 Å².